The third-order valence-corrected chi connectivity index (χ3v) is 5.61. The number of phenolic OH excluding ortho intramolecular Hbond substituents is 1. The lowest BCUT2D eigenvalue weighted by molar-refractivity contribution is -0.132. The molecule has 32 heavy (non-hydrogen) atoms. The summed E-state index contributed by atoms with van der Waals surface area (Å²) in [4.78, 5) is 27.5. The van der Waals surface area contributed by atoms with Crippen LogP contribution >= 0.6 is 11.6 Å². The highest BCUT2D eigenvalue weighted by molar-refractivity contribution is 6.51. The average molecular weight is 450 g/mol. The van der Waals surface area contributed by atoms with Crippen molar-refractivity contribution >= 4 is 34.7 Å². The number of Topliss-reactive ketones (excluding diaryl/α,β-unsaturated/α-hetero) is 1. The zero-order valence-electron chi connectivity index (χ0n) is 17.4. The first kappa shape index (κ1) is 21.5. The quantitative estimate of drug-likeness (QED) is 0.333. The largest absolute Gasteiger partial charge is 0.507 e. The third-order valence-electron chi connectivity index (χ3n) is 5.37. The van der Waals surface area contributed by atoms with E-state index in [-0.39, 0.29) is 22.8 Å². The summed E-state index contributed by atoms with van der Waals surface area (Å²) in [7, 11) is 1.42. The maximum atomic E-state index is 13.1. The summed E-state index contributed by atoms with van der Waals surface area (Å²) in [6, 6.07) is 17.1. The molecular formula is C25H20ClNO5. The predicted octanol–water partition coefficient (Wildman–Crippen LogP) is 4.99. The lowest BCUT2D eigenvalue weighted by atomic mass is 9.94. The molecule has 7 heteroatoms. The van der Waals surface area contributed by atoms with Crippen LogP contribution in [0.3, 0.4) is 0 Å². The van der Waals surface area contributed by atoms with Crippen LogP contribution in [0.5, 0.6) is 11.5 Å². The van der Waals surface area contributed by atoms with E-state index >= 15 is 0 Å². The second-order valence-corrected chi connectivity index (χ2v) is 7.88. The number of carbonyl (C=O) groups is 2. The van der Waals surface area contributed by atoms with Crippen LogP contribution in [0.1, 0.15) is 22.7 Å². The van der Waals surface area contributed by atoms with Gasteiger partial charge in [-0.15, -0.1) is 0 Å². The van der Waals surface area contributed by atoms with Gasteiger partial charge in [-0.05, 0) is 42.8 Å². The van der Waals surface area contributed by atoms with E-state index in [0.717, 1.165) is 5.56 Å². The predicted molar refractivity (Wildman–Crippen MR) is 122 cm³/mol. The van der Waals surface area contributed by atoms with Gasteiger partial charge in [-0.1, -0.05) is 53.6 Å². The molecule has 0 spiro atoms. The topological polar surface area (TPSA) is 87.1 Å². The number of aliphatic hydroxyl groups is 1. The number of amides is 1. The highest BCUT2D eigenvalue weighted by atomic mass is 35.5. The van der Waals surface area contributed by atoms with Gasteiger partial charge in [0, 0.05) is 16.3 Å². The van der Waals surface area contributed by atoms with E-state index in [0.29, 0.717) is 21.8 Å². The van der Waals surface area contributed by atoms with Gasteiger partial charge in [0.25, 0.3) is 11.7 Å². The molecule has 3 aromatic rings. The number of benzene rings is 3. The van der Waals surface area contributed by atoms with Crippen molar-refractivity contribution in [3.63, 3.8) is 0 Å². The van der Waals surface area contributed by atoms with E-state index in [4.69, 9.17) is 16.3 Å². The van der Waals surface area contributed by atoms with Crippen LogP contribution in [-0.2, 0) is 9.59 Å². The number of ether oxygens (including phenoxy) is 1. The van der Waals surface area contributed by atoms with Gasteiger partial charge in [-0.25, -0.2) is 0 Å². The summed E-state index contributed by atoms with van der Waals surface area (Å²) in [6.07, 6.45) is 0. The first-order valence-corrected chi connectivity index (χ1v) is 10.2. The standard InChI is InChI=1S/C25H20ClNO5/c1-14-6-8-15(9-7-14)23(29)21-22(16-10-11-20(32-2)19(28)12-16)27(25(31)24(21)30)18-5-3-4-17(26)13-18/h3-13,22,28-29H,1-2H3/b23-21-. The van der Waals surface area contributed by atoms with Crippen LogP contribution in [-0.4, -0.2) is 29.0 Å². The van der Waals surface area contributed by atoms with E-state index in [1.54, 1.807) is 54.6 Å². The van der Waals surface area contributed by atoms with Crippen molar-refractivity contribution in [2.45, 2.75) is 13.0 Å². The molecule has 1 heterocycles. The number of carbonyl (C=O) groups excluding carboxylic acids is 2. The van der Waals surface area contributed by atoms with Crippen LogP contribution in [0.25, 0.3) is 5.76 Å². The number of halogens is 1. The number of aliphatic hydroxyl groups excluding tert-OH is 1. The van der Waals surface area contributed by atoms with Crippen molar-refractivity contribution in [1.29, 1.82) is 0 Å². The number of aryl methyl sites for hydroxylation is 1. The molecule has 0 saturated carbocycles. The molecule has 1 unspecified atom stereocenters. The Kier molecular flexibility index (Phi) is 5.63. The molecule has 0 radical (unpaired) electrons. The maximum absolute atomic E-state index is 13.1. The van der Waals surface area contributed by atoms with Crippen molar-refractivity contribution in [3.05, 3.63) is 94.0 Å². The molecule has 6 nitrogen and oxygen atoms in total. The lowest BCUT2D eigenvalue weighted by Gasteiger charge is -2.26. The number of rotatable bonds is 4. The second kappa shape index (κ2) is 8.40. The number of nitrogens with zero attached hydrogens (tertiary/aromatic N) is 1. The van der Waals surface area contributed by atoms with Gasteiger partial charge < -0.3 is 14.9 Å². The van der Waals surface area contributed by atoms with Crippen LogP contribution in [0, 0.1) is 6.92 Å². The Hall–Kier alpha value is -3.77. The Labute approximate surface area is 189 Å². The summed E-state index contributed by atoms with van der Waals surface area (Å²) in [6.45, 7) is 1.90. The highest BCUT2D eigenvalue weighted by Crippen LogP contribution is 2.44. The highest BCUT2D eigenvalue weighted by Gasteiger charge is 2.47. The normalized spacial score (nSPS) is 17.6. The fourth-order valence-corrected chi connectivity index (χ4v) is 3.97. The molecule has 0 bridgehead atoms. The van der Waals surface area contributed by atoms with Gasteiger partial charge in [0.15, 0.2) is 11.5 Å². The number of phenols is 1. The van der Waals surface area contributed by atoms with E-state index in [1.165, 1.54) is 24.1 Å². The molecule has 2 N–H and O–H groups in total. The fraction of sp³-hybridized carbons (Fsp3) is 0.120. The van der Waals surface area contributed by atoms with Gasteiger partial charge in [-0.2, -0.15) is 0 Å². The smallest absolute Gasteiger partial charge is 0.300 e. The Morgan fingerprint density at radius 3 is 2.38 bits per heavy atom. The molecule has 4 rings (SSSR count). The Morgan fingerprint density at radius 2 is 1.75 bits per heavy atom. The Bertz CT molecular complexity index is 1250. The summed E-state index contributed by atoms with van der Waals surface area (Å²) < 4.78 is 5.11. The molecule has 1 saturated heterocycles. The van der Waals surface area contributed by atoms with Crippen molar-refractivity contribution in [3.8, 4) is 11.5 Å². The molecule has 0 aliphatic carbocycles. The van der Waals surface area contributed by atoms with E-state index in [9.17, 15) is 19.8 Å². The summed E-state index contributed by atoms with van der Waals surface area (Å²) in [5.74, 6) is -1.85. The average Bonchev–Trinajstić information content (AvgIpc) is 3.04. The lowest BCUT2D eigenvalue weighted by Crippen LogP contribution is -2.29. The molecule has 3 aromatic carbocycles. The number of aromatic hydroxyl groups is 1. The van der Waals surface area contributed by atoms with Crippen molar-refractivity contribution in [1.82, 2.24) is 0 Å². The molecule has 1 aliphatic rings. The van der Waals surface area contributed by atoms with Gasteiger partial charge in [-0.3, -0.25) is 14.5 Å². The zero-order chi connectivity index (χ0) is 23.0. The SMILES string of the molecule is COc1ccc(C2/C(=C(/O)c3ccc(C)cc3)C(=O)C(=O)N2c2cccc(Cl)c2)cc1O. The number of hydrogen-bond donors (Lipinski definition) is 2. The van der Waals surface area contributed by atoms with Gasteiger partial charge >= 0.3 is 0 Å². The third kappa shape index (κ3) is 3.69. The molecule has 1 amide bonds. The number of methoxy groups -OCH3 is 1. The minimum absolute atomic E-state index is 0.0802. The first-order valence-electron chi connectivity index (χ1n) is 9.82. The van der Waals surface area contributed by atoms with Gasteiger partial charge in [0.1, 0.15) is 5.76 Å². The Balaban J connectivity index is 1.96. The summed E-state index contributed by atoms with van der Waals surface area (Å²) >= 11 is 6.13. The monoisotopic (exact) mass is 449 g/mol. The van der Waals surface area contributed by atoms with E-state index in [1.807, 2.05) is 6.92 Å². The molecule has 0 aromatic heterocycles. The maximum Gasteiger partial charge on any atom is 0.300 e. The van der Waals surface area contributed by atoms with E-state index in [2.05, 4.69) is 0 Å². The van der Waals surface area contributed by atoms with Crippen molar-refractivity contribution in [2.75, 3.05) is 12.0 Å². The zero-order valence-corrected chi connectivity index (χ0v) is 18.1. The Morgan fingerprint density at radius 1 is 1.03 bits per heavy atom. The summed E-state index contributed by atoms with van der Waals surface area (Å²) in [5.41, 5.74) is 2.13. The number of hydrogen-bond acceptors (Lipinski definition) is 5. The van der Waals surface area contributed by atoms with Gasteiger partial charge in [0.2, 0.25) is 0 Å². The number of ketones is 1. The van der Waals surface area contributed by atoms with Gasteiger partial charge in [0.05, 0.1) is 18.7 Å². The molecule has 162 valence electrons. The number of anilines is 1. The molecule has 1 fully saturated rings. The molecular weight excluding hydrogens is 430 g/mol. The summed E-state index contributed by atoms with van der Waals surface area (Å²) in [5, 5.41) is 21.8. The minimum atomic E-state index is -0.980. The second-order valence-electron chi connectivity index (χ2n) is 7.45. The fourth-order valence-electron chi connectivity index (χ4n) is 3.78. The minimum Gasteiger partial charge on any atom is -0.507 e. The van der Waals surface area contributed by atoms with Crippen molar-refractivity contribution in [2.24, 2.45) is 0 Å². The van der Waals surface area contributed by atoms with E-state index < -0.39 is 17.7 Å². The molecule has 1 aliphatic heterocycles. The first-order chi connectivity index (χ1) is 15.3. The van der Waals surface area contributed by atoms with Crippen LogP contribution in [0.4, 0.5) is 5.69 Å². The van der Waals surface area contributed by atoms with Crippen molar-refractivity contribution < 1.29 is 24.5 Å². The van der Waals surface area contributed by atoms with Crippen LogP contribution in [0.15, 0.2) is 72.3 Å². The molecule has 1 atom stereocenters. The van der Waals surface area contributed by atoms with Crippen LogP contribution < -0.4 is 9.64 Å². The van der Waals surface area contributed by atoms with Crippen LogP contribution in [0.2, 0.25) is 5.02 Å².